The second-order valence-corrected chi connectivity index (χ2v) is 8.30. The Labute approximate surface area is 193 Å². The average molecular weight is 444 g/mol. The van der Waals surface area contributed by atoms with E-state index in [1.165, 1.54) is 10.9 Å². The zero-order valence-corrected chi connectivity index (χ0v) is 19.0. The molecule has 0 saturated heterocycles. The van der Waals surface area contributed by atoms with Crippen molar-refractivity contribution in [2.24, 2.45) is 12.0 Å². The first-order chi connectivity index (χ1) is 16.2. The number of fused-ring (bicyclic) bond motifs is 2. The van der Waals surface area contributed by atoms with Crippen molar-refractivity contribution in [1.82, 2.24) is 30.4 Å². The second kappa shape index (κ2) is 9.36. The topological polar surface area (TPSA) is 92.2 Å². The van der Waals surface area contributed by atoms with E-state index in [0.29, 0.717) is 13.2 Å². The fourth-order valence-electron chi connectivity index (χ4n) is 4.20. The largest absolute Gasteiger partial charge is 0.493 e. The number of nitrogens with one attached hydrogen (secondary N) is 3. The van der Waals surface area contributed by atoms with E-state index >= 15 is 0 Å². The van der Waals surface area contributed by atoms with E-state index in [4.69, 9.17) is 9.73 Å². The summed E-state index contributed by atoms with van der Waals surface area (Å²) in [5.74, 6) is 3.40. The van der Waals surface area contributed by atoms with Gasteiger partial charge in [-0.25, -0.2) is 4.99 Å². The molecule has 2 aromatic carbocycles. The van der Waals surface area contributed by atoms with Gasteiger partial charge in [0.05, 0.1) is 12.6 Å². The Morgan fingerprint density at radius 1 is 1.18 bits per heavy atom. The molecule has 3 N–H and O–H groups in total. The average Bonchev–Trinajstić information content (AvgIpc) is 3.40. The quantitative estimate of drug-likeness (QED) is 0.314. The van der Waals surface area contributed by atoms with E-state index in [-0.39, 0.29) is 6.04 Å². The molecule has 2 aromatic heterocycles. The molecule has 8 nitrogen and oxygen atoms in total. The molecule has 0 spiro atoms. The molecule has 0 saturated carbocycles. The van der Waals surface area contributed by atoms with Gasteiger partial charge in [-0.15, -0.1) is 10.2 Å². The van der Waals surface area contributed by atoms with Gasteiger partial charge in [0.1, 0.15) is 18.1 Å². The third-order valence-corrected chi connectivity index (χ3v) is 6.19. The predicted octanol–water partition coefficient (Wildman–Crippen LogP) is 3.41. The highest BCUT2D eigenvalue weighted by molar-refractivity contribution is 5.83. The zero-order chi connectivity index (χ0) is 22.6. The molecule has 1 aliphatic heterocycles. The number of guanidine groups is 1. The lowest BCUT2D eigenvalue weighted by molar-refractivity contribution is 0.261. The first kappa shape index (κ1) is 21.1. The Morgan fingerprint density at radius 3 is 2.91 bits per heavy atom. The monoisotopic (exact) mass is 443 g/mol. The van der Waals surface area contributed by atoms with Crippen LogP contribution in [0.4, 0.5) is 0 Å². The SMILES string of the molecule is Cc1nnc(CN=C(NCCc2c[nH]c3ccccc23)NC2CCOc3ccccc32)n1C. The maximum atomic E-state index is 5.83. The molecule has 1 unspecified atom stereocenters. The Morgan fingerprint density at radius 2 is 2.03 bits per heavy atom. The van der Waals surface area contributed by atoms with Crippen LogP contribution in [0.5, 0.6) is 5.75 Å². The van der Waals surface area contributed by atoms with E-state index in [1.807, 2.05) is 36.7 Å². The van der Waals surface area contributed by atoms with Crippen molar-refractivity contribution in [2.75, 3.05) is 13.2 Å². The Kier molecular flexibility index (Phi) is 5.97. The van der Waals surface area contributed by atoms with Crippen LogP contribution < -0.4 is 15.4 Å². The summed E-state index contributed by atoms with van der Waals surface area (Å²) in [7, 11) is 1.96. The smallest absolute Gasteiger partial charge is 0.192 e. The molecule has 4 aromatic rings. The molecular formula is C25H29N7O. The lowest BCUT2D eigenvalue weighted by Gasteiger charge is -2.28. The van der Waals surface area contributed by atoms with Crippen molar-refractivity contribution in [1.29, 1.82) is 0 Å². The molecule has 5 rings (SSSR count). The third kappa shape index (κ3) is 4.55. The number of hydrogen-bond acceptors (Lipinski definition) is 4. The second-order valence-electron chi connectivity index (χ2n) is 8.30. The van der Waals surface area contributed by atoms with Gasteiger partial charge in [0.15, 0.2) is 11.8 Å². The summed E-state index contributed by atoms with van der Waals surface area (Å²) in [6.07, 6.45) is 3.86. The number of hydrogen-bond donors (Lipinski definition) is 3. The number of ether oxygens (including phenoxy) is 1. The minimum Gasteiger partial charge on any atom is -0.493 e. The number of nitrogens with zero attached hydrogens (tertiary/aromatic N) is 4. The molecule has 0 fully saturated rings. The summed E-state index contributed by atoms with van der Waals surface area (Å²) in [6, 6.07) is 16.7. The summed E-state index contributed by atoms with van der Waals surface area (Å²) >= 11 is 0. The number of rotatable bonds is 6. The maximum absolute atomic E-state index is 5.83. The van der Waals surface area contributed by atoms with Gasteiger partial charge in [0.2, 0.25) is 0 Å². The van der Waals surface area contributed by atoms with Gasteiger partial charge in [-0.3, -0.25) is 0 Å². The summed E-state index contributed by atoms with van der Waals surface area (Å²) in [5.41, 5.74) is 3.61. The molecule has 1 atom stereocenters. The van der Waals surface area contributed by atoms with Crippen LogP contribution in [-0.2, 0) is 20.0 Å². The van der Waals surface area contributed by atoms with Gasteiger partial charge in [-0.2, -0.15) is 0 Å². The maximum Gasteiger partial charge on any atom is 0.192 e. The number of aromatic nitrogens is 4. The Bertz CT molecular complexity index is 1270. The minimum atomic E-state index is 0.135. The van der Waals surface area contributed by atoms with Gasteiger partial charge < -0.3 is 24.9 Å². The molecule has 0 aliphatic carbocycles. The number of H-pyrrole nitrogens is 1. The van der Waals surface area contributed by atoms with Crippen molar-refractivity contribution in [3.05, 3.63) is 77.5 Å². The molecule has 1 aliphatic rings. The number of benzene rings is 2. The lowest BCUT2D eigenvalue weighted by atomic mass is 10.0. The van der Waals surface area contributed by atoms with Crippen molar-refractivity contribution in [3.63, 3.8) is 0 Å². The molecule has 0 bridgehead atoms. The van der Waals surface area contributed by atoms with E-state index < -0.39 is 0 Å². The van der Waals surface area contributed by atoms with Gasteiger partial charge >= 0.3 is 0 Å². The van der Waals surface area contributed by atoms with Gasteiger partial charge in [0.25, 0.3) is 0 Å². The molecule has 0 amide bonds. The molecule has 170 valence electrons. The third-order valence-electron chi connectivity index (χ3n) is 6.19. The van der Waals surface area contributed by atoms with Gasteiger partial charge in [-0.1, -0.05) is 36.4 Å². The van der Waals surface area contributed by atoms with Crippen LogP contribution in [0.25, 0.3) is 10.9 Å². The van der Waals surface area contributed by atoms with E-state index in [2.05, 4.69) is 62.3 Å². The van der Waals surface area contributed by atoms with Crippen LogP contribution in [0.3, 0.4) is 0 Å². The zero-order valence-electron chi connectivity index (χ0n) is 19.0. The fraction of sp³-hybridized carbons (Fsp3) is 0.320. The van der Waals surface area contributed by atoms with Gasteiger partial charge in [-0.05, 0) is 31.0 Å². The lowest BCUT2D eigenvalue weighted by Crippen LogP contribution is -2.42. The van der Waals surface area contributed by atoms with Crippen molar-refractivity contribution >= 4 is 16.9 Å². The Balaban J connectivity index is 1.32. The summed E-state index contributed by atoms with van der Waals surface area (Å²) < 4.78 is 7.80. The number of aromatic amines is 1. The molecule has 3 heterocycles. The van der Waals surface area contributed by atoms with E-state index in [9.17, 15) is 0 Å². The fourth-order valence-corrected chi connectivity index (χ4v) is 4.20. The first-order valence-corrected chi connectivity index (χ1v) is 11.4. The van der Waals surface area contributed by atoms with Crippen LogP contribution >= 0.6 is 0 Å². The molecule has 33 heavy (non-hydrogen) atoms. The summed E-state index contributed by atoms with van der Waals surface area (Å²) in [5, 5.41) is 16.8. The highest BCUT2D eigenvalue weighted by Crippen LogP contribution is 2.31. The molecule has 0 radical (unpaired) electrons. The molecular weight excluding hydrogens is 414 g/mol. The van der Waals surface area contributed by atoms with E-state index in [0.717, 1.165) is 53.8 Å². The van der Waals surface area contributed by atoms with Crippen LogP contribution in [0, 0.1) is 6.92 Å². The molecule has 8 heteroatoms. The minimum absolute atomic E-state index is 0.135. The number of aliphatic imine (C=N–C) groups is 1. The van der Waals surface area contributed by atoms with Crippen LogP contribution in [0.15, 0.2) is 59.7 Å². The highest BCUT2D eigenvalue weighted by Gasteiger charge is 2.22. The number of aryl methyl sites for hydroxylation is 1. The van der Waals surface area contributed by atoms with Crippen molar-refractivity contribution in [3.8, 4) is 5.75 Å². The van der Waals surface area contributed by atoms with Crippen LogP contribution in [0.1, 0.15) is 35.2 Å². The van der Waals surface area contributed by atoms with Crippen LogP contribution in [-0.4, -0.2) is 38.9 Å². The Hall–Kier alpha value is -3.81. The predicted molar refractivity (Wildman–Crippen MR) is 129 cm³/mol. The summed E-state index contributed by atoms with van der Waals surface area (Å²) in [6.45, 7) is 3.83. The standard InChI is InChI=1S/C25H29N7O/c1-17-30-31-24(32(17)2)16-28-25(29-22-12-14-33-23-10-6-4-8-20(22)23)26-13-11-18-15-27-21-9-5-3-7-19(18)21/h3-10,15,22,27H,11-14,16H2,1-2H3,(H2,26,28,29). The first-order valence-electron chi connectivity index (χ1n) is 11.4. The normalized spacial score (nSPS) is 15.8. The highest BCUT2D eigenvalue weighted by atomic mass is 16.5. The summed E-state index contributed by atoms with van der Waals surface area (Å²) in [4.78, 5) is 8.19. The van der Waals surface area contributed by atoms with Crippen molar-refractivity contribution in [2.45, 2.75) is 32.4 Å². The van der Waals surface area contributed by atoms with Crippen LogP contribution in [0.2, 0.25) is 0 Å². The van der Waals surface area contributed by atoms with Crippen molar-refractivity contribution < 1.29 is 4.74 Å². The van der Waals surface area contributed by atoms with Gasteiger partial charge in [0, 0.05) is 42.7 Å². The number of para-hydroxylation sites is 2. The van der Waals surface area contributed by atoms with E-state index in [1.54, 1.807) is 0 Å².